The maximum Gasteiger partial charge on any atom is 0.408 e. The average Bonchev–Trinajstić information content (AvgIpc) is 3.14. The van der Waals surface area contributed by atoms with Crippen LogP contribution in [0.1, 0.15) is 64.6 Å². The minimum atomic E-state index is -0.556. The van der Waals surface area contributed by atoms with Crippen molar-refractivity contribution in [3.05, 3.63) is 35.5 Å². The lowest BCUT2D eigenvalue weighted by atomic mass is 10.0. The zero-order valence-electron chi connectivity index (χ0n) is 20.8. The fourth-order valence-electron chi connectivity index (χ4n) is 3.47. The Bertz CT molecular complexity index is 1140. The van der Waals surface area contributed by atoms with E-state index in [-0.39, 0.29) is 12.0 Å². The number of aromatic nitrogens is 4. The Hall–Kier alpha value is -3.56. The Balaban J connectivity index is 1.79. The lowest BCUT2D eigenvalue weighted by molar-refractivity contribution is 0.0508. The predicted octanol–water partition coefficient (Wildman–Crippen LogP) is 4.26. The molecule has 34 heavy (non-hydrogen) atoms. The van der Waals surface area contributed by atoms with Gasteiger partial charge in [0.25, 0.3) is 0 Å². The van der Waals surface area contributed by atoms with Gasteiger partial charge in [0, 0.05) is 12.1 Å². The number of nitrogens with one attached hydrogen (secondary N) is 2. The first kappa shape index (κ1) is 25.1. The van der Waals surface area contributed by atoms with Crippen molar-refractivity contribution in [3.8, 4) is 5.75 Å². The molecule has 0 saturated heterocycles. The van der Waals surface area contributed by atoms with Gasteiger partial charge in [-0.15, -0.1) is 0 Å². The van der Waals surface area contributed by atoms with Gasteiger partial charge in [-0.1, -0.05) is 25.5 Å². The van der Waals surface area contributed by atoms with Crippen molar-refractivity contribution in [2.45, 2.75) is 65.6 Å². The number of nitrogen functional groups attached to an aromatic ring is 1. The maximum atomic E-state index is 12.1. The van der Waals surface area contributed by atoms with Crippen LogP contribution >= 0.6 is 0 Å². The molecule has 1 aromatic carbocycles. The smallest absolute Gasteiger partial charge is 0.408 e. The van der Waals surface area contributed by atoms with Crippen LogP contribution in [0.15, 0.2) is 24.4 Å². The fraction of sp³-hybridized carbons (Fsp3) is 0.500. The highest BCUT2D eigenvalue weighted by atomic mass is 16.6. The van der Waals surface area contributed by atoms with E-state index >= 15 is 0 Å². The van der Waals surface area contributed by atoms with Gasteiger partial charge < -0.3 is 25.8 Å². The molecule has 2 aromatic heterocycles. The van der Waals surface area contributed by atoms with Crippen molar-refractivity contribution in [2.75, 3.05) is 24.7 Å². The summed E-state index contributed by atoms with van der Waals surface area (Å²) in [5.74, 6) is 1.54. The molecule has 0 aliphatic carbocycles. The van der Waals surface area contributed by atoms with Crippen LogP contribution in [0.2, 0.25) is 0 Å². The van der Waals surface area contributed by atoms with Crippen LogP contribution in [0, 0.1) is 0 Å². The fourth-order valence-corrected chi connectivity index (χ4v) is 3.47. The topological polar surface area (TPSA) is 129 Å². The van der Waals surface area contributed by atoms with Crippen LogP contribution in [0.25, 0.3) is 11.0 Å². The minimum Gasteiger partial charge on any atom is -0.496 e. The SMILES string of the molecule is CCCCNc1nc(N)nc2cn(Cc3ccc(C(C)NC(=O)OC(C)(C)C)cc3OC)nc12. The molecule has 0 spiro atoms. The second-order valence-corrected chi connectivity index (χ2v) is 9.21. The van der Waals surface area contributed by atoms with E-state index < -0.39 is 11.7 Å². The highest BCUT2D eigenvalue weighted by Gasteiger charge is 2.19. The molecule has 1 amide bonds. The van der Waals surface area contributed by atoms with E-state index in [1.807, 2.05) is 52.1 Å². The van der Waals surface area contributed by atoms with Crippen LogP contribution in [-0.4, -0.2) is 45.1 Å². The molecule has 0 aliphatic rings. The number of benzene rings is 1. The number of fused-ring (bicyclic) bond motifs is 1. The van der Waals surface area contributed by atoms with Crippen molar-refractivity contribution in [1.29, 1.82) is 0 Å². The quantitative estimate of drug-likeness (QED) is 0.396. The Morgan fingerprint density at radius 3 is 2.71 bits per heavy atom. The van der Waals surface area contributed by atoms with E-state index in [2.05, 4.69) is 32.6 Å². The third-order valence-corrected chi connectivity index (χ3v) is 5.13. The summed E-state index contributed by atoms with van der Waals surface area (Å²) in [5, 5.41) is 10.8. The number of nitrogens with zero attached hydrogens (tertiary/aromatic N) is 4. The Kier molecular flexibility index (Phi) is 7.80. The van der Waals surface area contributed by atoms with Gasteiger partial charge in [0.1, 0.15) is 16.9 Å². The Morgan fingerprint density at radius 2 is 2.03 bits per heavy atom. The van der Waals surface area contributed by atoms with Crippen molar-refractivity contribution in [2.24, 2.45) is 0 Å². The molecule has 0 fully saturated rings. The average molecular weight is 470 g/mol. The van der Waals surface area contributed by atoms with Gasteiger partial charge in [-0.05, 0) is 45.7 Å². The summed E-state index contributed by atoms with van der Waals surface area (Å²) in [6, 6.07) is 5.59. The van der Waals surface area contributed by atoms with Crippen molar-refractivity contribution in [3.63, 3.8) is 0 Å². The maximum absolute atomic E-state index is 12.1. The monoisotopic (exact) mass is 469 g/mol. The van der Waals surface area contributed by atoms with Crippen LogP contribution in [-0.2, 0) is 11.3 Å². The zero-order chi connectivity index (χ0) is 24.9. The predicted molar refractivity (Wildman–Crippen MR) is 133 cm³/mol. The number of alkyl carbamates (subject to hydrolysis) is 1. The first-order valence-corrected chi connectivity index (χ1v) is 11.5. The van der Waals surface area contributed by atoms with E-state index in [4.69, 9.17) is 15.2 Å². The highest BCUT2D eigenvalue weighted by molar-refractivity contribution is 5.85. The number of amides is 1. The van der Waals surface area contributed by atoms with Gasteiger partial charge >= 0.3 is 6.09 Å². The van der Waals surface area contributed by atoms with Crippen LogP contribution in [0.4, 0.5) is 16.6 Å². The molecule has 10 nitrogen and oxygen atoms in total. The largest absolute Gasteiger partial charge is 0.496 e. The summed E-state index contributed by atoms with van der Waals surface area (Å²) < 4.78 is 12.8. The minimum absolute atomic E-state index is 0.208. The number of carbonyl (C=O) groups is 1. The summed E-state index contributed by atoms with van der Waals surface area (Å²) in [6.07, 6.45) is 3.48. The van der Waals surface area contributed by atoms with Gasteiger partial charge in [0.15, 0.2) is 11.3 Å². The number of carbonyl (C=O) groups excluding carboxylic acids is 1. The third-order valence-electron chi connectivity index (χ3n) is 5.13. The first-order chi connectivity index (χ1) is 16.1. The number of nitrogens with two attached hydrogens (primary N) is 1. The second kappa shape index (κ2) is 10.6. The lowest BCUT2D eigenvalue weighted by Crippen LogP contribution is -2.34. The number of methoxy groups -OCH3 is 1. The summed E-state index contributed by atoms with van der Waals surface area (Å²) in [6.45, 7) is 10.8. The molecular weight excluding hydrogens is 434 g/mol. The summed E-state index contributed by atoms with van der Waals surface area (Å²) in [5.41, 5.74) is 8.53. The molecule has 4 N–H and O–H groups in total. The van der Waals surface area contributed by atoms with Crippen molar-refractivity contribution < 1.29 is 14.3 Å². The van der Waals surface area contributed by atoms with E-state index in [0.29, 0.717) is 29.1 Å². The summed E-state index contributed by atoms with van der Waals surface area (Å²) in [4.78, 5) is 20.8. The molecule has 0 saturated carbocycles. The highest BCUT2D eigenvalue weighted by Crippen LogP contribution is 2.26. The molecule has 1 atom stereocenters. The molecule has 0 radical (unpaired) electrons. The first-order valence-electron chi connectivity index (χ1n) is 11.5. The van der Waals surface area contributed by atoms with E-state index in [1.54, 1.807) is 11.8 Å². The lowest BCUT2D eigenvalue weighted by Gasteiger charge is -2.22. The van der Waals surface area contributed by atoms with Crippen LogP contribution in [0.3, 0.4) is 0 Å². The second-order valence-electron chi connectivity index (χ2n) is 9.21. The number of hydrogen-bond donors (Lipinski definition) is 3. The van der Waals surface area contributed by atoms with Crippen molar-refractivity contribution >= 4 is 28.9 Å². The molecule has 3 rings (SSSR count). The van der Waals surface area contributed by atoms with Gasteiger partial charge in [0.2, 0.25) is 5.95 Å². The number of ether oxygens (including phenoxy) is 2. The Labute approximate surface area is 200 Å². The van der Waals surface area contributed by atoms with Gasteiger partial charge in [0.05, 0.1) is 25.9 Å². The molecule has 1 unspecified atom stereocenters. The number of unbranched alkanes of at least 4 members (excludes halogenated alkanes) is 1. The molecule has 0 aliphatic heterocycles. The molecule has 0 bridgehead atoms. The number of anilines is 2. The van der Waals surface area contributed by atoms with Crippen molar-refractivity contribution in [1.82, 2.24) is 25.1 Å². The number of hydrogen-bond acceptors (Lipinski definition) is 8. The van der Waals surface area contributed by atoms with Crippen LogP contribution < -0.4 is 21.1 Å². The van der Waals surface area contributed by atoms with E-state index in [1.165, 1.54) is 0 Å². The molecular formula is C24H35N7O3. The van der Waals surface area contributed by atoms with Crippen LogP contribution in [0.5, 0.6) is 5.75 Å². The normalized spacial score (nSPS) is 12.4. The van der Waals surface area contributed by atoms with E-state index in [0.717, 1.165) is 30.5 Å². The molecule has 10 heteroatoms. The van der Waals surface area contributed by atoms with E-state index in [9.17, 15) is 4.79 Å². The Morgan fingerprint density at radius 1 is 1.26 bits per heavy atom. The van der Waals surface area contributed by atoms with Gasteiger partial charge in [-0.2, -0.15) is 10.1 Å². The zero-order valence-corrected chi connectivity index (χ0v) is 20.8. The third kappa shape index (κ3) is 6.49. The molecule has 2 heterocycles. The van der Waals surface area contributed by atoms with Gasteiger partial charge in [-0.3, -0.25) is 4.68 Å². The standard InChI is InChI=1S/C24H35N7O3/c1-7-8-11-26-21-20-18(28-22(25)29-21)14-31(30-20)13-17-10-9-16(12-19(17)33-6)15(2)27-23(32)34-24(3,4)5/h9-10,12,14-15H,7-8,11,13H2,1-6H3,(H,27,32)(H3,25,26,28,29). The number of rotatable bonds is 9. The molecule has 3 aromatic rings. The summed E-state index contributed by atoms with van der Waals surface area (Å²) in [7, 11) is 1.62. The summed E-state index contributed by atoms with van der Waals surface area (Å²) >= 11 is 0. The van der Waals surface area contributed by atoms with Gasteiger partial charge in [-0.25, -0.2) is 9.78 Å². The molecule has 184 valence electrons.